The van der Waals surface area contributed by atoms with Crippen LogP contribution in [0.2, 0.25) is 5.02 Å². The van der Waals surface area contributed by atoms with Gasteiger partial charge in [0.25, 0.3) is 0 Å². The van der Waals surface area contributed by atoms with E-state index in [1.165, 1.54) is 12.1 Å². The highest BCUT2D eigenvalue weighted by Crippen LogP contribution is 2.29. The Hall–Kier alpha value is -1.94. The Morgan fingerprint density at radius 3 is 2.84 bits per heavy atom. The zero-order valence-corrected chi connectivity index (χ0v) is 11.2. The molecule has 2 rings (SSSR count). The topological polar surface area (TPSA) is 47.3 Å². The molecule has 0 spiro atoms. The van der Waals surface area contributed by atoms with Crippen molar-refractivity contribution in [1.82, 2.24) is 0 Å². The number of hydrogen-bond acceptors (Lipinski definition) is 3. The van der Waals surface area contributed by atoms with E-state index >= 15 is 0 Å². The summed E-state index contributed by atoms with van der Waals surface area (Å²) in [5, 5.41) is 3.11. The first kappa shape index (κ1) is 13.5. The van der Waals surface area contributed by atoms with Gasteiger partial charge in [-0.25, -0.2) is 4.39 Å². The molecule has 0 aromatic heterocycles. The van der Waals surface area contributed by atoms with Crippen molar-refractivity contribution in [2.24, 2.45) is 0 Å². The fourth-order valence-corrected chi connectivity index (χ4v) is 1.82. The first-order valence-corrected chi connectivity index (χ1v) is 6.22. The molecule has 0 saturated carbocycles. The van der Waals surface area contributed by atoms with Gasteiger partial charge in [-0.15, -0.1) is 0 Å². The number of nitrogens with two attached hydrogens (primary N) is 1. The zero-order valence-electron chi connectivity index (χ0n) is 10.4. The average Bonchev–Trinajstić information content (AvgIpc) is 2.37. The van der Waals surface area contributed by atoms with Crippen molar-refractivity contribution in [3.05, 3.63) is 47.2 Å². The minimum atomic E-state index is -0.534. The molecule has 19 heavy (non-hydrogen) atoms. The number of rotatable bonds is 4. The maximum absolute atomic E-state index is 13.2. The van der Waals surface area contributed by atoms with Gasteiger partial charge in [0.05, 0.1) is 23.0 Å². The number of benzene rings is 2. The summed E-state index contributed by atoms with van der Waals surface area (Å²) in [6, 6.07) is 10.1. The SMILES string of the molecule is CCOc1cccc(Nc2cc(Cl)c(F)cc2N)c1. The van der Waals surface area contributed by atoms with Crippen molar-refractivity contribution in [2.45, 2.75) is 6.92 Å². The van der Waals surface area contributed by atoms with E-state index in [4.69, 9.17) is 22.1 Å². The Morgan fingerprint density at radius 1 is 1.32 bits per heavy atom. The van der Waals surface area contributed by atoms with Crippen molar-refractivity contribution in [2.75, 3.05) is 17.7 Å². The lowest BCUT2D eigenvalue weighted by Crippen LogP contribution is -1.98. The number of nitrogens with one attached hydrogen (secondary N) is 1. The van der Waals surface area contributed by atoms with Gasteiger partial charge in [0.2, 0.25) is 0 Å². The lowest BCUT2D eigenvalue weighted by atomic mass is 10.2. The molecule has 3 nitrogen and oxygen atoms in total. The molecule has 2 aromatic carbocycles. The van der Waals surface area contributed by atoms with Crippen molar-refractivity contribution >= 4 is 28.7 Å². The van der Waals surface area contributed by atoms with Crippen molar-refractivity contribution in [3.63, 3.8) is 0 Å². The normalized spacial score (nSPS) is 10.3. The van der Waals surface area contributed by atoms with Crippen LogP contribution in [0.1, 0.15) is 6.92 Å². The molecule has 5 heteroatoms. The minimum absolute atomic E-state index is 0.0256. The fraction of sp³-hybridized carbons (Fsp3) is 0.143. The van der Waals surface area contributed by atoms with Crippen molar-refractivity contribution in [3.8, 4) is 5.75 Å². The average molecular weight is 281 g/mol. The van der Waals surface area contributed by atoms with E-state index in [-0.39, 0.29) is 5.02 Å². The number of ether oxygens (including phenoxy) is 1. The summed E-state index contributed by atoms with van der Waals surface area (Å²) < 4.78 is 18.6. The standard InChI is InChI=1S/C14H14ClFN2O/c1-2-19-10-5-3-4-9(6-10)18-14-7-11(15)12(16)8-13(14)17/h3-8,18H,2,17H2,1H3. The summed E-state index contributed by atoms with van der Waals surface area (Å²) in [5.74, 6) is 0.215. The Bertz CT molecular complexity index is 590. The van der Waals surface area contributed by atoms with Crippen LogP contribution in [0.25, 0.3) is 0 Å². The number of hydrogen-bond donors (Lipinski definition) is 2. The second kappa shape index (κ2) is 5.80. The Kier molecular flexibility index (Phi) is 4.12. The molecule has 3 N–H and O–H groups in total. The monoisotopic (exact) mass is 280 g/mol. The maximum atomic E-state index is 13.2. The van der Waals surface area contributed by atoms with Gasteiger partial charge < -0.3 is 15.8 Å². The van der Waals surface area contributed by atoms with Crippen LogP contribution >= 0.6 is 11.6 Å². The van der Waals surface area contributed by atoms with Crippen LogP contribution in [0.4, 0.5) is 21.5 Å². The molecule has 0 fully saturated rings. The van der Waals surface area contributed by atoms with Gasteiger partial charge in [0.1, 0.15) is 11.6 Å². The van der Waals surface area contributed by atoms with Crippen LogP contribution in [0.5, 0.6) is 5.75 Å². The third kappa shape index (κ3) is 3.29. The second-order valence-corrected chi connectivity index (χ2v) is 4.35. The Morgan fingerprint density at radius 2 is 2.11 bits per heavy atom. The van der Waals surface area contributed by atoms with E-state index in [0.29, 0.717) is 18.0 Å². The Balaban J connectivity index is 2.25. The van der Waals surface area contributed by atoms with E-state index in [9.17, 15) is 4.39 Å². The first-order valence-electron chi connectivity index (χ1n) is 5.84. The van der Waals surface area contributed by atoms with Gasteiger partial charge in [0, 0.05) is 17.8 Å². The van der Waals surface area contributed by atoms with Crippen molar-refractivity contribution in [1.29, 1.82) is 0 Å². The molecule has 0 atom stereocenters. The lowest BCUT2D eigenvalue weighted by Gasteiger charge is -2.11. The molecule has 0 bridgehead atoms. The molecule has 2 aromatic rings. The van der Waals surface area contributed by atoms with Crippen LogP contribution in [0.3, 0.4) is 0 Å². The predicted octanol–water partition coefficient (Wildman–Crippen LogP) is 4.20. The molecule has 0 aliphatic rings. The first-order chi connectivity index (χ1) is 9.10. The molecular weight excluding hydrogens is 267 g/mol. The maximum Gasteiger partial charge on any atom is 0.143 e. The summed E-state index contributed by atoms with van der Waals surface area (Å²) in [6.07, 6.45) is 0. The fourth-order valence-electron chi connectivity index (χ4n) is 1.66. The van der Waals surface area contributed by atoms with Crippen LogP contribution < -0.4 is 15.8 Å². The van der Waals surface area contributed by atoms with Crippen LogP contribution in [-0.2, 0) is 0 Å². The molecule has 0 amide bonds. The molecule has 0 heterocycles. The van der Waals surface area contributed by atoms with Crippen LogP contribution in [-0.4, -0.2) is 6.61 Å². The molecule has 0 aliphatic carbocycles. The summed E-state index contributed by atoms with van der Waals surface area (Å²) in [4.78, 5) is 0. The quantitative estimate of drug-likeness (QED) is 0.825. The van der Waals surface area contributed by atoms with E-state index in [1.54, 1.807) is 0 Å². The molecule has 100 valence electrons. The summed E-state index contributed by atoms with van der Waals surface area (Å²) >= 11 is 5.74. The summed E-state index contributed by atoms with van der Waals surface area (Å²) in [6.45, 7) is 2.51. The molecule has 0 unspecified atom stereocenters. The second-order valence-electron chi connectivity index (χ2n) is 3.94. The van der Waals surface area contributed by atoms with E-state index in [2.05, 4.69) is 5.32 Å². The van der Waals surface area contributed by atoms with E-state index in [0.717, 1.165) is 11.4 Å². The third-order valence-corrected chi connectivity index (χ3v) is 2.81. The van der Waals surface area contributed by atoms with Crippen LogP contribution in [0.15, 0.2) is 36.4 Å². The highest BCUT2D eigenvalue weighted by Gasteiger charge is 2.07. The van der Waals surface area contributed by atoms with Gasteiger partial charge in [-0.05, 0) is 25.1 Å². The van der Waals surface area contributed by atoms with E-state index in [1.807, 2.05) is 31.2 Å². The van der Waals surface area contributed by atoms with Crippen LogP contribution in [0, 0.1) is 5.82 Å². The number of nitrogen functional groups attached to an aromatic ring is 1. The van der Waals surface area contributed by atoms with Gasteiger partial charge in [-0.1, -0.05) is 17.7 Å². The largest absolute Gasteiger partial charge is 0.494 e. The predicted molar refractivity (Wildman–Crippen MR) is 76.7 cm³/mol. The highest BCUT2D eigenvalue weighted by molar-refractivity contribution is 6.31. The number of halogens is 2. The number of anilines is 3. The minimum Gasteiger partial charge on any atom is -0.494 e. The van der Waals surface area contributed by atoms with E-state index < -0.39 is 5.82 Å². The van der Waals surface area contributed by atoms with Gasteiger partial charge in [-0.3, -0.25) is 0 Å². The smallest absolute Gasteiger partial charge is 0.143 e. The Labute approximate surface area is 116 Å². The molecular formula is C14H14ClFN2O. The summed E-state index contributed by atoms with van der Waals surface area (Å²) in [5.41, 5.74) is 7.39. The molecule has 0 radical (unpaired) electrons. The molecule has 0 saturated heterocycles. The summed E-state index contributed by atoms with van der Waals surface area (Å²) in [7, 11) is 0. The molecule has 0 aliphatic heterocycles. The highest BCUT2D eigenvalue weighted by atomic mass is 35.5. The lowest BCUT2D eigenvalue weighted by molar-refractivity contribution is 0.340. The van der Waals surface area contributed by atoms with Gasteiger partial charge in [-0.2, -0.15) is 0 Å². The van der Waals surface area contributed by atoms with Gasteiger partial charge >= 0.3 is 0 Å². The van der Waals surface area contributed by atoms with Gasteiger partial charge in [0.15, 0.2) is 0 Å². The third-order valence-electron chi connectivity index (χ3n) is 2.52. The van der Waals surface area contributed by atoms with Crippen molar-refractivity contribution < 1.29 is 9.13 Å². The zero-order chi connectivity index (χ0) is 13.8.